The van der Waals surface area contributed by atoms with E-state index in [4.69, 9.17) is 4.74 Å². The molecular weight excluding hydrogens is 368 g/mol. The van der Waals surface area contributed by atoms with Gasteiger partial charge in [-0.3, -0.25) is 4.79 Å². The van der Waals surface area contributed by atoms with Crippen LogP contribution in [-0.4, -0.2) is 33.4 Å². The molecule has 2 rings (SSSR count). The molecule has 0 saturated carbocycles. The van der Waals surface area contributed by atoms with Gasteiger partial charge in [-0.05, 0) is 37.3 Å². The molecule has 0 aliphatic heterocycles. The zero-order valence-electron chi connectivity index (χ0n) is 14.8. The minimum atomic E-state index is -3.76. The molecule has 2 aromatic rings. The van der Waals surface area contributed by atoms with E-state index in [9.17, 15) is 18.0 Å². The van der Waals surface area contributed by atoms with E-state index in [1.165, 1.54) is 36.4 Å². The fraction of sp³-hybridized carbons (Fsp3) is 0.158. The van der Waals surface area contributed by atoms with Gasteiger partial charge in [0.25, 0.3) is 5.91 Å². The number of amides is 1. The largest absolute Gasteiger partial charge is 0.462 e. The van der Waals surface area contributed by atoms with Crippen molar-refractivity contribution in [1.29, 1.82) is 0 Å². The van der Waals surface area contributed by atoms with Crippen molar-refractivity contribution >= 4 is 27.6 Å². The van der Waals surface area contributed by atoms with Gasteiger partial charge in [-0.25, -0.2) is 17.9 Å². The summed E-state index contributed by atoms with van der Waals surface area (Å²) in [5.74, 6) is -1.11. The van der Waals surface area contributed by atoms with Gasteiger partial charge >= 0.3 is 5.97 Å². The van der Waals surface area contributed by atoms with Gasteiger partial charge in [0, 0.05) is 12.1 Å². The second kappa shape index (κ2) is 9.11. The first kappa shape index (κ1) is 20.3. The topological polar surface area (TPSA) is 102 Å². The number of carbonyl (C=O) groups excluding carboxylic acids is 2. The summed E-state index contributed by atoms with van der Waals surface area (Å²) in [5, 5.41) is 2.62. The van der Waals surface area contributed by atoms with E-state index < -0.39 is 21.9 Å². The lowest BCUT2D eigenvalue weighted by atomic mass is 10.1. The third-order valence-electron chi connectivity index (χ3n) is 3.49. The summed E-state index contributed by atoms with van der Waals surface area (Å²) in [6.07, 6.45) is 1.42. The molecule has 0 fully saturated rings. The van der Waals surface area contributed by atoms with Crippen molar-refractivity contribution in [3.63, 3.8) is 0 Å². The van der Waals surface area contributed by atoms with Crippen LogP contribution in [0.4, 0.5) is 5.69 Å². The average Bonchev–Trinajstić information content (AvgIpc) is 2.67. The Morgan fingerprint density at radius 3 is 2.59 bits per heavy atom. The highest BCUT2D eigenvalue weighted by Gasteiger charge is 2.18. The second-order valence-electron chi connectivity index (χ2n) is 5.39. The van der Waals surface area contributed by atoms with Gasteiger partial charge in [0.2, 0.25) is 10.0 Å². The Morgan fingerprint density at radius 2 is 1.89 bits per heavy atom. The van der Waals surface area contributed by atoms with Crippen molar-refractivity contribution < 1.29 is 22.7 Å². The SMILES string of the molecule is C=CCNS(=O)(=O)c1cccc(C(=O)Nc2ccccc2C(=O)OCC)c1. The van der Waals surface area contributed by atoms with Crippen LogP contribution in [0.25, 0.3) is 0 Å². The van der Waals surface area contributed by atoms with Crippen LogP contribution in [0.3, 0.4) is 0 Å². The van der Waals surface area contributed by atoms with E-state index in [-0.39, 0.29) is 34.9 Å². The van der Waals surface area contributed by atoms with Crippen LogP contribution < -0.4 is 10.0 Å². The third-order valence-corrected chi connectivity index (χ3v) is 4.92. The van der Waals surface area contributed by atoms with Crippen molar-refractivity contribution in [2.75, 3.05) is 18.5 Å². The Bertz CT molecular complexity index is 954. The van der Waals surface area contributed by atoms with Crippen LogP contribution >= 0.6 is 0 Å². The average molecular weight is 388 g/mol. The van der Waals surface area contributed by atoms with E-state index in [2.05, 4.69) is 16.6 Å². The minimum absolute atomic E-state index is 0.0457. The first-order valence-corrected chi connectivity index (χ1v) is 9.65. The molecule has 142 valence electrons. The van der Waals surface area contributed by atoms with E-state index in [0.717, 1.165) is 0 Å². The first-order valence-electron chi connectivity index (χ1n) is 8.17. The highest BCUT2D eigenvalue weighted by molar-refractivity contribution is 7.89. The van der Waals surface area contributed by atoms with E-state index in [1.54, 1.807) is 25.1 Å². The Kier molecular flexibility index (Phi) is 6.86. The molecule has 2 N–H and O–H groups in total. The number of anilines is 1. The van der Waals surface area contributed by atoms with E-state index in [0.29, 0.717) is 0 Å². The molecule has 0 spiro atoms. The number of benzene rings is 2. The quantitative estimate of drug-likeness (QED) is 0.535. The zero-order chi connectivity index (χ0) is 19.9. The second-order valence-corrected chi connectivity index (χ2v) is 7.16. The zero-order valence-corrected chi connectivity index (χ0v) is 15.6. The number of para-hydroxylation sites is 1. The normalized spacial score (nSPS) is 10.9. The maximum absolute atomic E-state index is 12.5. The molecule has 0 aromatic heterocycles. The number of ether oxygens (including phenoxy) is 1. The standard InChI is InChI=1S/C19H20N2O5S/c1-3-12-20-27(24,25)15-9-7-8-14(13-15)18(22)21-17-11-6-5-10-16(17)19(23)26-4-2/h3,5-11,13,20H,1,4,12H2,2H3,(H,21,22). The Morgan fingerprint density at radius 1 is 1.15 bits per heavy atom. The summed E-state index contributed by atoms with van der Waals surface area (Å²) < 4.78 is 31.7. The van der Waals surface area contributed by atoms with Crippen LogP contribution in [0.15, 0.2) is 66.1 Å². The van der Waals surface area contributed by atoms with Crippen molar-refractivity contribution in [3.05, 3.63) is 72.3 Å². The number of rotatable bonds is 8. The number of sulfonamides is 1. The minimum Gasteiger partial charge on any atom is -0.462 e. The highest BCUT2D eigenvalue weighted by atomic mass is 32.2. The van der Waals surface area contributed by atoms with Crippen LogP contribution in [0.1, 0.15) is 27.6 Å². The number of hydrogen-bond acceptors (Lipinski definition) is 5. The molecule has 0 saturated heterocycles. The fourth-order valence-corrected chi connectivity index (χ4v) is 3.27. The summed E-state index contributed by atoms with van der Waals surface area (Å²) >= 11 is 0. The molecular formula is C19H20N2O5S. The molecule has 8 heteroatoms. The molecule has 0 radical (unpaired) electrons. The number of hydrogen-bond donors (Lipinski definition) is 2. The first-order chi connectivity index (χ1) is 12.9. The third kappa shape index (κ3) is 5.25. The molecule has 0 aliphatic carbocycles. The van der Waals surface area contributed by atoms with Gasteiger partial charge in [-0.1, -0.05) is 24.3 Å². The van der Waals surface area contributed by atoms with Crippen molar-refractivity contribution in [2.45, 2.75) is 11.8 Å². The van der Waals surface area contributed by atoms with Gasteiger partial charge < -0.3 is 10.1 Å². The maximum atomic E-state index is 12.5. The predicted octanol–water partition coefficient (Wildman–Crippen LogP) is 2.58. The van der Waals surface area contributed by atoms with Crippen molar-refractivity contribution in [2.24, 2.45) is 0 Å². The predicted molar refractivity (Wildman–Crippen MR) is 102 cm³/mol. The summed E-state index contributed by atoms with van der Waals surface area (Å²) in [4.78, 5) is 24.5. The molecule has 0 aliphatic rings. The highest BCUT2D eigenvalue weighted by Crippen LogP contribution is 2.18. The van der Waals surface area contributed by atoms with E-state index in [1.807, 2.05) is 0 Å². The summed E-state index contributed by atoms with van der Waals surface area (Å²) in [6.45, 7) is 5.42. The Balaban J connectivity index is 2.27. The molecule has 27 heavy (non-hydrogen) atoms. The molecule has 1 amide bonds. The van der Waals surface area contributed by atoms with Gasteiger partial charge in [-0.15, -0.1) is 6.58 Å². The van der Waals surface area contributed by atoms with Gasteiger partial charge in [0.1, 0.15) is 0 Å². The number of esters is 1. The Labute approximate surface area is 158 Å². The van der Waals surface area contributed by atoms with Gasteiger partial charge in [0.05, 0.1) is 22.8 Å². The van der Waals surface area contributed by atoms with E-state index >= 15 is 0 Å². The molecule has 0 bridgehead atoms. The molecule has 0 unspecified atom stereocenters. The maximum Gasteiger partial charge on any atom is 0.340 e. The molecule has 2 aromatic carbocycles. The smallest absolute Gasteiger partial charge is 0.340 e. The Hall–Kier alpha value is -2.97. The summed E-state index contributed by atoms with van der Waals surface area (Å²) in [6, 6.07) is 12.0. The number of carbonyl (C=O) groups is 2. The van der Waals surface area contributed by atoms with Gasteiger partial charge in [-0.2, -0.15) is 0 Å². The lowest BCUT2D eigenvalue weighted by molar-refractivity contribution is 0.0527. The van der Waals surface area contributed by atoms with Crippen LogP contribution in [-0.2, 0) is 14.8 Å². The molecule has 0 heterocycles. The van der Waals surface area contributed by atoms with Crippen molar-refractivity contribution in [3.8, 4) is 0 Å². The van der Waals surface area contributed by atoms with Crippen LogP contribution in [0.2, 0.25) is 0 Å². The summed E-state index contributed by atoms with van der Waals surface area (Å²) in [5.41, 5.74) is 0.623. The van der Waals surface area contributed by atoms with Crippen LogP contribution in [0, 0.1) is 0 Å². The molecule has 7 nitrogen and oxygen atoms in total. The number of nitrogens with one attached hydrogen (secondary N) is 2. The fourth-order valence-electron chi connectivity index (χ4n) is 2.23. The summed E-state index contributed by atoms with van der Waals surface area (Å²) in [7, 11) is -3.76. The monoisotopic (exact) mass is 388 g/mol. The molecule has 0 atom stereocenters. The van der Waals surface area contributed by atoms with Crippen molar-refractivity contribution in [1.82, 2.24) is 4.72 Å². The lowest BCUT2D eigenvalue weighted by Crippen LogP contribution is -2.24. The van der Waals surface area contributed by atoms with Crippen LogP contribution in [0.5, 0.6) is 0 Å². The lowest BCUT2D eigenvalue weighted by Gasteiger charge is -2.11. The van der Waals surface area contributed by atoms with Gasteiger partial charge in [0.15, 0.2) is 0 Å².